The van der Waals surface area contributed by atoms with E-state index in [4.69, 9.17) is 11.6 Å². The smallest absolute Gasteiger partial charge is 0.269 e. The van der Waals surface area contributed by atoms with Crippen LogP contribution >= 0.6 is 11.6 Å². The molecule has 0 saturated heterocycles. The summed E-state index contributed by atoms with van der Waals surface area (Å²) in [5.41, 5.74) is 1.72. The number of nitrogens with zero attached hydrogens (tertiary/aromatic N) is 1. The molecule has 0 fully saturated rings. The van der Waals surface area contributed by atoms with Gasteiger partial charge in [-0.2, -0.15) is 0 Å². The number of nitrogens with one attached hydrogen (secondary N) is 2. The fourth-order valence-corrected chi connectivity index (χ4v) is 2.69. The maximum absolute atomic E-state index is 12.2. The number of carbonyl (C=O) groups is 2. The standard InChI is InChI=1S/C20H24ClN3O2/c1-2-3-4-10-23-19(25)16-9-12-22-18(14-16)20(26)24-11-8-15-6-5-7-17(21)13-15/h5-7,9,12-14H,2-4,8,10-11H2,1H3,(H,23,25)(H,24,26). The lowest BCUT2D eigenvalue weighted by Gasteiger charge is -2.08. The highest BCUT2D eigenvalue weighted by atomic mass is 35.5. The highest BCUT2D eigenvalue weighted by Crippen LogP contribution is 2.10. The van der Waals surface area contributed by atoms with E-state index in [0.29, 0.717) is 30.1 Å². The molecular weight excluding hydrogens is 350 g/mol. The van der Waals surface area contributed by atoms with Crippen molar-refractivity contribution in [2.45, 2.75) is 32.6 Å². The van der Waals surface area contributed by atoms with Crippen molar-refractivity contribution in [3.8, 4) is 0 Å². The lowest BCUT2D eigenvalue weighted by atomic mass is 10.1. The molecule has 0 aliphatic carbocycles. The lowest BCUT2D eigenvalue weighted by molar-refractivity contribution is 0.0949. The molecule has 2 aromatic rings. The number of hydrogen-bond donors (Lipinski definition) is 2. The summed E-state index contributed by atoms with van der Waals surface area (Å²) in [6, 6.07) is 10.6. The summed E-state index contributed by atoms with van der Waals surface area (Å²) in [7, 11) is 0. The summed E-state index contributed by atoms with van der Waals surface area (Å²) in [4.78, 5) is 28.4. The monoisotopic (exact) mass is 373 g/mol. The van der Waals surface area contributed by atoms with Crippen LogP contribution in [0.25, 0.3) is 0 Å². The zero-order chi connectivity index (χ0) is 18.8. The number of pyridine rings is 1. The molecule has 1 heterocycles. The van der Waals surface area contributed by atoms with E-state index < -0.39 is 0 Å². The molecule has 6 heteroatoms. The van der Waals surface area contributed by atoms with E-state index in [0.717, 1.165) is 24.8 Å². The van der Waals surface area contributed by atoms with E-state index in [1.807, 2.05) is 24.3 Å². The van der Waals surface area contributed by atoms with Gasteiger partial charge < -0.3 is 10.6 Å². The zero-order valence-corrected chi connectivity index (χ0v) is 15.7. The van der Waals surface area contributed by atoms with E-state index in [1.165, 1.54) is 12.3 Å². The van der Waals surface area contributed by atoms with Crippen molar-refractivity contribution in [3.63, 3.8) is 0 Å². The predicted octanol–water partition coefficient (Wildman–Crippen LogP) is 3.63. The molecule has 0 aliphatic heterocycles. The van der Waals surface area contributed by atoms with Crippen LogP contribution in [0.4, 0.5) is 0 Å². The van der Waals surface area contributed by atoms with Crippen LogP contribution in [0.15, 0.2) is 42.6 Å². The van der Waals surface area contributed by atoms with Gasteiger partial charge in [-0.1, -0.05) is 43.5 Å². The molecule has 1 aromatic carbocycles. The first-order valence-electron chi connectivity index (χ1n) is 8.87. The Morgan fingerprint density at radius 3 is 2.62 bits per heavy atom. The third-order valence-corrected chi connectivity index (χ3v) is 4.14. The number of benzene rings is 1. The minimum atomic E-state index is -0.298. The van der Waals surface area contributed by atoms with Crippen LogP contribution in [-0.4, -0.2) is 29.9 Å². The number of carbonyl (C=O) groups excluding carboxylic acids is 2. The molecule has 2 amide bonds. The molecule has 5 nitrogen and oxygen atoms in total. The van der Waals surface area contributed by atoms with Gasteiger partial charge in [-0.25, -0.2) is 0 Å². The number of amides is 2. The molecule has 26 heavy (non-hydrogen) atoms. The van der Waals surface area contributed by atoms with Crippen LogP contribution in [0.3, 0.4) is 0 Å². The topological polar surface area (TPSA) is 71.1 Å². The van der Waals surface area contributed by atoms with E-state index in [-0.39, 0.29) is 17.5 Å². The molecule has 0 aliphatic rings. The molecule has 0 radical (unpaired) electrons. The summed E-state index contributed by atoms with van der Waals surface area (Å²) in [5.74, 6) is -0.482. The van der Waals surface area contributed by atoms with Crippen LogP contribution in [0.5, 0.6) is 0 Å². The molecule has 2 N–H and O–H groups in total. The van der Waals surface area contributed by atoms with Crippen molar-refractivity contribution in [1.29, 1.82) is 0 Å². The van der Waals surface area contributed by atoms with Crippen LogP contribution in [0.1, 0.15) is 52.6 Å². The quantitative estimate of drug-likeness (QED) is 0.659. The van der Waals surface area contributed by atoms with Gasteiger partial charge in [0.05, 0.1) is 0 Å². The Morgan fingerprint density at radius 1 is 1.04 bits per heavy atom. The van der Waals surface area contributed by atoms with Crippen molar-refractivity contribution >= 4 is 23.4 Å². The van der Waals surface area contributed by atoms with Crippen molar-refractivity contribution in [2.24, 2.45) is 0 Å². The lowest BCUT2D eigenvalue weighted by Crippen LogP contribution is -2.28. The minimum Gasteiger partial charge on any atom is -0.352 e. The Bertz CT molecular complexity index is 749. The molecule has 2 rings (SSSR count). The summed E-state index contributed by atoms with van der Waals surface area (Å²) in [5, 5.41) is 6.35. The number of hydrogen-bond acceptors (Lipinski definition) is 3. The van der Waals surface area contributed by atoms with Gasteiger partial charge in [0.2, 0.25) is 0 Å². The normalized spacial score (nSPS) is 10.4. The van der Waals surface area contributed by atoms with Crippen molar-refractivity contribution in [3.05, 3.63) is 64.4 Å². The molecule has 0 bridgehead atoms. The van der Waals surface area contributed by atoms with Crippen LogP contribution in [-0.2, 0) is 6.42 Å². The molecule has 138 valence electrons. The summed E-state index contributed by atoms with van der Waals surface area (Å²) in [6.07, 6.45) is 5.28. The first-order valence-corrected chi connectivity index (χ1v) is 9.25. The molecule has 0 atom stereocenters. The SMILES string of the molecule is CCCCCNC(=O)c1ccnc(C(=O)NCCc2cccc(Cl)c2)c1. The minimum absolute atomic E-state index is 0.184. The van der Waals surface area contributed by atoms with E-state index in [1.54, 1.807) is 6.07 Å². The van der Waals surface area contributed by atoms with Crippen LogP contribution in [0.2, 0.25) is 5.02 Å². The predicted molar refractivity (Wildman–Crippen MR) is 104 cm³/mol. The highest BCUT2D eigenvalue weighted by molar-refractivity contribution is 6.30. The Morgan fingerprint density at radius 2 is 1.85 bits per heavy atom. The van der Waals surface area contributed by atoms with Crippen molar-refractivity contribution in [1.82, 2.24) is 15.6 Å². The van der Waals surface area contributed by atoms with E-state index >= 15 is 0 Å². The third-order valence-electron chi connectivity index (χ3n) is 3.91. The number of unbranched alkanes of at least 4 members (excludes halogenated alkanes) is 2. The Labute approximate surface area is 159 Å². The molecule has 0 unspecified atom stereocenters. The molecule has 0 saturated carbocycles. The van der Waals surface area contributed by atoms with E-state index in [2.05, 4.69) is 22.5 Å². The van der Waals surface area contributed by atoms with E-state index in [9.17, 15) is 9.59 Å². The fourth-order valence-electron chi connectivity index (χ4n) is 2.48. The first kappa shape index (κ1) is 19.9. The van der Waals surface area contributed by atoms with Gasteiger partial charge in [0.25, 0.3) is 11.8 Å². The maximum atomic E-state index is 12.2. The van der Waals surface area contributed by atoms with Crippen LogP contribution in [0, 0.1) is 0 Å². The van der Waals surface area contributed by atoms with Crippen molar-refractivity contribution in [2.75, 3.05) is 13.1 Å². The second kappa shape index (κ2) is 10.6. The van der Waals surface area contributed by atoms with Gasteiger partial charge >= 0.3 is 0 Å². The van der Waals surface area contributed by atoms with Gasteiger partial charge in [-0.3, -0.25) is 14.6 Å². The highest BCUT2D eigenvalue weighted by Gasteiger charge is 2.11. The van der Waals surface area contributed by atoms with Crippen molar-refractivity contribution < 1.29 is 9.59 Å². The molecular formula is C20H24ClN3O2. The largest absolute Gasteiger partial charge is 0.352 e. The number of rotatable bonds is 9. The number of halogens is 1. The second-order valence-corrected chi connectivity index (χ2v) is 6.47. The summed E-state index contributed by atoms with van der Waals surface area (Å²) < 4.78 is 0. The number of aromatic nitrogens is 1. The average Bonchev–Trinajstić information content (AvgIpc) is 2.65. The molecule has 1 aromatic heterocycles. The Hall–Kier alpha value is -2.40. The summed E-state index contributed by atoms with van der Waals surface area (Å²) in [6.45, 7) is 3.21. The molecule has 0 spiro atoms. The van der Waals surface area contributed by atoms with Gasteiger partial charge in [0.1, 0.15) is 5.69 Å². The van der Waals surface area contributed by atoms with Gasteiger partial charge in [0, 0.05) is 29.9 Å². The Kier molecular flexibility index (Phi) is 8.09. The first-order chi connectivity index (χ1) is 12.6. The van der Waals surface area contributed by atoms with Gasteiger partial charge in [-0.05, 0) is 42.7 Å². The zero-order valence-electron chi connectivity index (χ0n) is 14.9. The van der Waals surface area contributed by atoms with Gasteiger partial charge in [0.15, 0.2) is 0 Å². The van der Waals surface area contributed by atoms with Crippen LogP contribution < -0.4 is 10.6 Å². The second-order valence-electron chi connectivity index (χ2n) is 6.03. The maximum Gasteiger partial charge on any atom is 0.269 e. The summed E-state index contributed by atoms with van der Waals surface area (Å²) >= 11 is 5.95. The van der Waals surface area contributed by atoms with Gasteiger partial charge in [-0.15, -0.1) is 0 Å². The fraction of sp³-hybridized carbons (Fsp3) is 0.350. The third kappa shape index (κ3) is 6.48. The Balaban J connectivity index is 1.85. The average molecular weight is 374 g/mol.